The molecular formula is C7H6BrF2NO2. The Kier molecular flexibility index (Phi) is 3.02. The molecule has 0 unspecified atom stereocenters. The highest BCUT2D eigenvalue weighted by atomic mass is 79.9. The van der Waals surface area contributed by atoms with Gasteiger partial charge in [-0.15, -0.1) is 0 Å². The SMILES string of the molecule is COc1c(Br)c[nH]c(=O)c1C(F)F. The minimum atomic E-state index is -2.85. The molecule has 0 radical (unpaired) electrons. The van der Waals surface area contributed by atoms with E-state index in [2.05, 4.69) is 25.7 Å². The Labute approximate surface area is 80.9 Å². The summed E-state index contributed by atoms with van der Waals surface area (Å²) in [4.78, 5) is 13.1. The van der Waals surface area contributed by atoms with Crippen LogP contribution < -0.4 is 10.3 Å². The van der Waals surface area contributed by atoms with Gasteiger partial charge in [0.15, 0.2) is 0 Å². The third-order valence-electron chi connectivity index (χ3n) is 1.46. The Hall–Kier alpha value is -0.910. The maximum atomic E-state index is 12.3. The second-order valence-corrected chi connectivity index (χ2v) is 3.07. The second-order valence-electron chi connectivity index (χ2n) is 2.21. The van der Waals surface area contributed by atoms with Gasteiger partial charge in [-0.1, -0.05) is 0 Å². The van der Waals surface area contributed by atoms with Crippen molar-refractivity contribution in [2.75, 3.05) is 7.11 Å². The molecule has 3 nitrogen and oxygen atoms in total. The number of H-pyrrole nitrogens is 1. The van der Waals surface area contributed by atoms with Gasteiger partial charge in [-0.05, 0) is 15.9 Å². The summed E-state index contributed by atoms with van der Waals surface area (Å²) in [6.45, 7) is 0. The van der Waals surface area contributed by atoms with Crippen molar-refractivity contribution in [2.24, 2.45) is 0 Å². The summed E-state index contributed by atoms with van der Waals surface area (Å²) in [6.07, 6.45) is -1.59. The van der Waals surface area contributed by atoms with Crippen molar-refractivity contribution in [2.45, 2.75) is 6.43 Å². The number of hydrogen-bond acceptors (Lipinski definition) is 2. The van der Waals surface area contributed by atoms with Gasteiger partial charge in [-0.3, -0.25) is 4.79 Å². The zero-order chi connectivity index (χ0) is 10.0. The van der Waals surface area contributed by atoms with Crippen LogP contribution in [-0.2, 0) is 0 Å². The first-order chi connectivity index (χ1) is 6.07. The highest BCUT2D eigenvalue weighted by Gasteiger charge is 2.20. The number of halogens is 3. The second kappa shape index (κ2) is 3.87. The molecule has 0 aliphatic rings. The first-order valence-electron chi connectivity index (χ1n) is 3.31. The summed E-state index contributed by atoms with van der Waals surface area (Å²) in [7, 11) is 1.23. The molecule has 6 heteroatoms. The Morgan fingerprint density at radius 1 is 1.62 bits per heavy atom. The topological polar surface area (TPSA) is 42.1 Å². The van der Waals surface area contributed by atoms with E-state index in [1.807, 2.05) is 0 Å². The van der Waals surface area contributed by atoms with Crippen LogP contribution in [0.3, 0.4) is 0 Å². The van der Waals surface area contributed by atoms with Crippen LogP contribution >= 0.6 is 15.9 Å². The molecular weight excluding hydrogens is 248 g/mol. The van der Waals surface area contributed by atoms with Crippen molar-refractivity contribution in [3.05, 3.63) is 26.6 Å². The van der Waals surface area contributed by atoms with Gasteiger partial charge in [0.2, 0.25) is 0 Å². The van der Waals surface area contributed by atoms with E-state index < -0.39 is 17.5 Å². The van der Waals surface area contributed by atoms with Crippen LogP contribution in [0.1, 0.15) is 12.0 Å². The zero-order valence-corrected chi connectivity index (χ0v) is 8.19. The lowest BCUT2D eigenvalue weighted by Crippen LogP contribution is -2.14. The van der Waals surface area contributed by atoms with Crippen molar-refractivity contribution < 1.29 is 13.5 Å². The molecule has 1 rings (SSSR count). The van der Waals surface area contributed by atoms with Gasteiger partial charge in [-0.25, -0.2) is 8.78 Å². The van der Waals surface area contributed by atoms with Crippen molar-refractivity contribution in [1.29, 1.82) is 0 Å². The lowest BCUT2D eigenvalue weighted by Gasteiger charge is -2.07. The Balaban J connectivity index is 3.44. The molecule has 72 valence electrons. The van der Waals surface area contributed by atoms with E-state index in [0.717, 1.165) is 0 Å². The van der Waals surface area contributed by atoms with E-state index in [1.54, 1.807) is 0 Å². The van der Waals surface area contributed by atoms with E-state index in [4.69, 9.17) is 0 Å². The van der Waals surface area contributed by atoms with E-state index in [1.165, 1.54) is 13.3 Å². The van der Waals surface area contributed by atoms with Crippen molar-refractivity contribution in [3.8, 4) is 5.75 Å². The van der Waals surface area contributed by atoms with Gasteiger partial charge in [0.25, 0.3) is 12.0 Å². The monoisotopic (exact) mass is 253 g/mol. The van der Waals surface area contributed by atoms with Crippen LogP contribution in [0, 0.1) is 0 Å². The quantitative estimate of drug-likeness (QED) is 0.877. The largest absolute Gasteiger partial charge is 0.495 e. The predicted molar refractivity (Wildman–Crippen MR) is 46.3 cm³/mol. The van der Waals surface area contributed by atoms with Crippen LogP contribution in [0.2, 0.25) is 0 Å². The third-order valence-corrected chi connectivity index (χ3v) is 2.05. The molecule has 1 aromatic rings. The van der Waals surface area contributed by atoms with Gasteiger partial charge in [0, 0.05) is 6.20 Å². The Morgan fingerprint density at radius 2 is 2.23 bits per heavy atom. The van der Waals surface area contributed by atoms with Crippen LogP contribution in [0.4, 0.5) is 8.78 Å². The highest BCUT2D eigenvalue weighted by Crippen LogP contribution is 2.31. The fourth-order valence-electron chi connectivity index (χ4n) is 0.910. The molecule has 0 aromatic carbocycles. The number of methoxy groups -OCH3 is 1. The summed E-state index contributed by atoms with van der Waals surface area (Å²) in [5, 5.41) is 0. The van der Waals surface area contributed by atoms with Gasteiger partial charge in [0.05, 0.1) is 11.6 Å². The van der Waals surface area contributed by atoms with Crippen molar-refractivity contribution >= 4 is 15.9 Å². The fraction of sp³-hybridized carbons (Fsp3) is 0.286. The molecule has 0 amide bonds. The standard InChI is InChI=1S/C7H6BrF2NO2/c1-13-5-3(8)2-11-7(12)4(5)6(9)10/h2,6H,1H3,(H,11,12). The van der Waals surface area contributed by atoms with E-state index in [9.17, 15) is 13.6 Å². The van der Waals surface area contributed by atoms with Crippen LogP contribution in [0.5, 0.6) is 5.75 Å². The van der Waals surface area contributed by atoms with E-state index in [-0.39, 0.29) is 5.75 Å². The maximum absolute atomic E-state index is 12.3. The minimum absolute atomic E-state index is 0.126. The first-order valence-corrected chi connectivity index (χ1v) is 4.10. The molecule has 0 fully saturated rings. The smallest absolute Gasteiger partial charge is 0.272 e. The molecule has 0 atom stereocenters. The third kappa shape index (κ3) is 1.88. The molecule has 0 spiro atoms. The van der Waals surface area contributed by atoms with Gasteiger partial charge in [-0.2, -0.15) is 0 Å². The Morgan fingerprint density at radius 3 is 2.62 bits per heavy atom. The summed E-state index contributed by atoms with van der Waals surface area (Å²) in [6, 6.07) is 0. The summed E-state index contributed by atoms with van der Waals surface area (Å²) in [5.41, 5.74) is -1.49. The summed E-state index contributed by atoms with van der Waals surface area (Å²) in [5.74, 6) is -0.126. The number of ether oxygens (including phenoxy) is 1. The number of hydrogen-bond donors (Lipinski definition) is 1. The number of nitrogens with one attached hydrogen (secondary N) is 1. The molecule has 1 N–H and O–H groups in total. The fourth-order valence-corrected chi connectivity index (χ4v) is 1.40. The minimum Gasteiger partial charge on any atom is -0.495 e. The molecule has 1 aromatic heterocycles. The van der Waals surface area contributed by atoms with Crippen LogP contribution in [0.15, 0.2) is 15.5 Å². The first kappa shape index (κ1) is 10.2. The molecule has 0 saturated carbocycles. The average Bonchev–Trinajstić information content (AvgIpc) is 2.07. The summed E-state index contributed by atoms with van der Waals surface area (Å²) >= 11 is 2.98. The molecule has 13 heavy (non-hydrogen) atoms. The molecule has 0 aliphatic carbocycles. The normalized spacial score (nSPS) is 10.5. The number of aromatic amines is 1. The number of aromatic nitrogens is 1. The molecule has 0 saturated heterocycles. The maximum Gasteiger partial charge on any atom is 0.272 e. The highest BCUT2D eigenvalue weighted by molar-refractivity contribution is 9.10. The zero-order valence-electron chi connectivity index (χ0n) is 6.61. The van der Waals surface area contributed by atoms with Crippen LogP contribution in [-0.4, -0.2) is 12.1 Å². The van der Waals surface area contributed by atoms with Gasteiger partial charge >= 0.3 is 0 Å². The molecule has 1 heterocycles. The lowest BCUT2D eigenvalue weighted by atomic mass is 10.2. The lowest BCUT2D eigenvalue weighted by molar-refractivity contribution is 0.145. The molecule has 0 bridgehead atoms. The van der Waals surface area contributed by atoms with Gasteiger partial charge < -0.3 is 9.72 Å². The van der Waals surface area contributed by atoms with Crippen molar-refractivity contribution in [3.63, 3.8) is 0 Å². The van der Waals surface area contributed by atoms with E-state index in [0.29, 0.717) is 4.47 Å². The van der Waals surface area contributed by atoms with Crippen LogP contribution in [0.25, 0.3) is 0 Å². The average molecular weight is 254 g/mol. The Bertz CT molecular complexity index is 364. The van der Waals surface area contributed by atoms with Gasteiger partial charge in [0.1, 0.15) is 11.3 Å². The number of rotatable bonds is 2. The van der Waals surface area contributed by atoms with E-state index >= 15 is 0 Å². The number of alkyl halides is 2. The number of pyridine rings is 1. The predicted octanol–water partition coefficient (Wildman–Crippen LogP) is 2.08. The summed E-state index contributed by atoms with van der Waals surface area (Å²) < 4.78 is 29.6. The van der Waals surface area contributed by atoms with Crippen molar-refractivity contribution in [1.82, 2.24) is 4.98 Å². The molecule has 0 aliphatic heterocycles.